The molecular formula is C15H22N2O2S. The standard InChI is InChI=1S/C15H22N2O2S/c18-15(17-13-7-3-1-4-8-13)16-11-12-20(19)14-9-5-2-6-10-14/h2,5-6,9-10,13H,1,3-4,7-8,11-12H2,(H2,16,17,18). The SMILES string of the molecule is O=C(NCCS(=O)c1ccccc1)NC1CCCCC1. The fourth-order valence-electron chi connectivity index (χ4n) is 2.43. The molecule has 2 N–H and O–H groups in total. The maximum absolute atomic E-state index is 12.0. The van der Waals surface area contributed by atoms with Crippen molar-refractivity contribution >= 4 is 16.8 Å². The number of amides is 2. The van der Waals surface area contributed by atoms with Crippen molar-refractivity contribution in [1.29, 1.82) is 0 Å². The second-order valence-corrected chi connectivity index (χ2v) is 6.67. The topological polar surface area (TPSA) is 58.2 Å². The molecule has 0 saturated heterocycles. The van der Waals surface area contributed by atoms with Gasteiger partial charge in [-0.1, -0.05) is 37.5 Å². The molecule has 1 aromatic rings. The van der Waals surface area contributed by atoms with Crippen LogP contribution in [0.2, 0.25) is 0 Å². The molecule has 0 radical (unpaired) electrons. The predicted molar refractivity (Wildman–Crippen MR) is 81.1 cm³/mol. The average molecular weight is 294 g/mol. The molecule has 1 fully saturated rings. The molecule has 0 aliphatic heterocycles. The van der Waals surface area contributed by atoms with Crippen LogP contribution in [0.1, 0.15) is 32.1 Å². The lowest BCUT2D eigenvalue weighted by Gasteiger charge is -2.22. The minimum absolute atomic E-state index is 0.137. The van der Waals surface area contributed by atoms with Crippen molar-refractivity contribution in [1.82, 2.24) is 10.6 Å². The van der Waals surface area contributed by atoms with Gasteiger partial charge in [-0.15, -0.1) is 0 Å². The Kier molecular flexibility index (Phi) is 6.05. The summed E-state index contributed by atoms with van der Waals surface area (Å²) in [5.41, 5.74) is 0. The zero-order valence-electron chi connectivity index (χ0n) is 11.6. The molecule has 1 unspecified atom stereocenters. The van der Waals surface area contributed by atoms with Gasteiger partial charge in [-0.2, -0.15) is 0 Å². The minimum Gasteiger partial charge on any atom is -0.337 e. The number of benzene rings is 1. The highest BCUT2D eigenvalue weighted by Gasteiger charge is 2.15. The van der Waals surface area contributed by atoms with E-state index in [-0.39, 0.29) is 6.03 Å². The van der Waals surface area contributed by atoms with Crippen LogP contribution in [0, 0.1) is 0 Å². The quantitative estimate of drug-likeness (QED) is 0.876. The van der Waals surface area contributed by atoms with Gasteiger partial charge in [0, 0.05) is 23.2 Å². The molecule has 1 aliphatic carbocycles. The van der Waals surface area contributed by atoms with Gasteiger partial charge >= 0.3 is 6.03 Å². The van der Waals surface area contributed by atoms with Crippen LogP contribution in [0.3, 0.4) is 0 Å². The van der Waals surface area contributed by atoms with Gasteiger partial charge < -0.3 is 10.6 Å². The van der Waals surface area contributed by atoms with Gasteiger partial charge in [-0.3, -0.25) is 4.21 Å². The largest absolute Gasteiger partial charge is 0.337 e. The molecule has 0 spiro atoms. The molecule has 0 heterocycles. The van der Waals surface area contributed by atoms with Crippen molar-refractivity contribution in [2.45, 2.75) is 43.0 Å². The summed E-state index contributed by atoms with van der Waals surface area (Å²) in [6.07, 6.45) is 5.81. The van der Waals surface area contributed by atoms with E-state index in [0.717, 1.165) is 17.7 Å². The fourth-order valence-corrected chi connectivity index (χ4v) is 3.41. The number of carbonyl (C=O) groups excluding carboxylic acids is 1. The maximum atomic E-state index is 12.0. The fraction of sp³-hybridized carbons (Fsp3) is 0.533. The van der Waals surface area contributed by atoms with Crippen LogP contribution >= 0.6 is 0 Å². The normalized spacial score (nSPS) is 17.4. The summed E-state index contributed by atoms with van der Waals surface area (Å²) in [6.45, 7) is 0.431. The summed E-state index contributed by atoms with van der Waals surface area (Å²) in [4.78, 5) is 12.5. The molecule has 1 aliphatic rings. The Morgan fingerprint density at radius 3 is 2.55 bits per heavy atom. The average Bonchev–Trinajstić information content (AvgIpc) is 2.49. The molecule has 2 amide bonds. The van der Waals surface area contributed by atoms with Crippen LogP contribution in [0.4, 0.5) is 4.79 Å². The number of carbonyl (C=O) groups is 1. The van der Waals surface area contributed by atoms with Crippen molar-refractivity contribution in [3.05, 3.63) is 30.3 Å². The molecule has 1 saturated carbocycles. The van der Waals surface area contributed by atoms with Crippen LogP contribution in [0.15, 0.2) is 35.2 Å². The van der Waals surface area contributed by atoms with E-state index in [1.54, 1.807) is 0 Å². The van der Waals surface area contributed by atoms with Gasteiger partial charge in [-0.25, -0.2) is 4.79 Å². The zero-order chi connectivity index (χ0) is 14.2. The van der Waals surface area contributed by atoms with Crippen LogP contribution in [0.5, 0.6) is 0 Å². The number of urea groups is 1. The monoisotopic (exact) mass is 294 g/mol. The second kappa shape index (κ2) is 8.04. The van der Waals surface area contributed by atoms with Crippen molar-refractivity contribution in [3.63, 3.8) is 0 Å². The van der Waals surface area contributed by atoms with Crippen molar-refractivity contribution in [2.24, 2.45) is 0 Å². The maximum Gasteiger partial charge on any atom is 0.315 e. The molecule has 0 bridgehead atoms. The van der Waals surface area contributed by atoms with Crippen LogP contribution < -0.4 is 10.6 Å². The van der Waals surface area contributed by atoms with E-state index in [2.05, 4.69) is 10.6 Å². The van der Waals surface area contributed by atoms with Crippen molar-refractivity contribution in [2.75, 3.05) is 12.3 Å². The van der Waals surface area contributed by atoms with E-state index >= 15 is 0 Å². The van der Waals surface area contributed by atoms with E-state index in [0.29, 0.717) is 18.3 Å². The van der Waals surface area contributed by atoms with Crippen LogP contribution in [0.25, 0.3) is 0 Å². The first-order valence-corrected chi connectivity index (χ1v) is 8.55. The number of rotatable bonds is 5. The van der Waals surface area contributed by atoms with Gasteiger partial charge in [-0.05, 0) is 25.0 Å². The summed E-state index contributed by atoms with van der Waals surface area (Å²) in [6, 6.07) is 9.50. The van der Waals surface area contributed by atoms with E-state index in [4.69, 9.17) is 0 Å². The molecule has 1 aromatic carbocycles. The first-order valence-electron chi connectivity index (χ1n) is 7.23. The van der Waals surface area contributed by atoms with Gasteiger partial charge in [0.05, 0.1) is 10.8 Å². The summed E-state index contributed by atoms with van der Waals surface area (Å²) in [5, 5.41) is 5.77. The number of nitrogens with one attached hydrogen (secondary N) is 2. The molecule has 4 nitrogen and oxygen atoms in total. The Morgan fingerprint density at radius 1 is 1.15 bits per heavy atom. The van der Waals surface area contributed by atoms with Crippen molar-refractivity contribution in [3.8, 4) is 0 Å². The third-order valence-electron chi connectivity index (χ3n) is 3.52. The van der Waals surface area contributed by atoms with E-state index < -0.39 is 10.8 Å². The molecule has 0 aromatic heterocycles. The summed E-state index contributed by atoms with van der Waals surface area (Å²) in [7, 11) is -1.05. The zero-order valence-corrected chi connectivity index (χ0v) is 12.5. The molecule has 2 rings (SSSR count). The molecule has 110 valence electrons. The lowest BCUT2D eigenvalue weighted by atomic mass is 9.96. The van der Waals surface area contributed by atoms with Gasteiger partial charge in [0.15, 0.2) is 0 Å². The molecule has 20 heavy (non-hydrogen) atoms. The predicted octanol–water partition coefficient (Wildman–Crippen LogP) is 2.43. The molecule has 1 atom stereocenters. The van der Waals surface area contributed by atoms with Crippen molar-refractivity contribution < 1.29 is 9.00 Å². The Bertz CT molecular complexity index is 444. The highest BCUT2D eigenvalue weighted by molar-refractivity contribution is 7.85. The Balaban J connectivity index is 1.65. The Labute approximate surface area is 122 Å². The lowest BCUT2D eigenvalue weighted by Crippen LogP contribution is -2.43. The van der Waals surface area contributed by atoms with E-state index in [9.17, 15) is 9.00 Å². The van der Waals surface area contributed by atoms with Gasteiger partial charge in [0.1, 0.15) is 0 Å². The summed E-state index contributed by atoms with van der Waals surface area (Å²) >= 11 is 0. The van der Waals surface area contributed by atoms with E-state index in [1.807, 2.05) is 30.3 Å². The molecule has 5 heteroatoms. The van der Waals surface area contributed by atoms with Gasteiger partial charge in [0.25, 0.3) is 0 Å². The molecular weight excluding hydrogens is 272 g/mol. The Hall–Kier alpha value is -1.36. The summed E-state index contributed by atoms with van der Waals surface area (Å²) < 4.78 is 12.0. The smallest absolute Gasteiger partial charge is 0.315 e. The van der Waals surface area contributed by atoms with Crippen LogP contribution in [-0.4, -0.2) is 28.6 Å². The minimum atomic E-state index is -1.05. The third-order valence-corrected chi connectivity index (χ3v) is 4.89. The third kappa shape index (κ3) is 4.96. The van der Waals surface area contributed by atoms with Crippen LogP contribution in [-0.2, 0) is 10.8 Å². The lowest BCUT2D eigenvalue weighted by molar-refractivity contribution is 0.233. The van der Waals surface area contributed by atoms with Gasteiger partial charge in [0.2, 0.25) is 0 Å². The highest BCUT2D eigenvalue weighted by atomic mass is 32.2. The van der Waals surface area contributed by atoms with E-state index in [1.165, 1.54) is 19.3 Å². The first kappa shape index (κ1) is 15.0. The first-order chi connectivity index (χ1) is 9.75. The number of hydrogen-bond donors (Lipinski definition) is 2. The second-order valence-electron chi connectivity index (χ2n) is 5.10. The highest BCUT2D eigenvalue weighted by Crippen LogP contribution is 2.17. The number of hydrogen-bond acceptors (Lipinski definition) is 2. The Morgan fingerprint density at radius 2 is 1.85 bits per heavy atom. The summed E-state index contributed by atoms with van der Waals surface area (Å²) in [5.74, 6) is 0.447.